The number of aliphatic hydroxyl groups excluding tert-OH is 1. The summed E-state index contributed by atoms with van der Waals surface area (Å²) in [5.41, 5.74) is 1.51. The fourth-order valence-electron chi connectivity index (χ4n) is 3.64. The number of likely N-dealkylation sites (tertiary alicyclic amines) is 1. The first-order valence-corrected chi connectivity index (χ1v) is 10.4. The van der Waals surface area contributed by atoms with Crippen molar-refractivity contribution in [3.8, 4) is 5.75 Å². The van der Waals surface area contributed by atoms with Gasteiger partial charge in [-0.2, -0.15) is 0 Å². The Morgan fingerprint density at radius 2 is 1.81 bits per heavy atom. The van der Waals surface area contributed by atoms with Crippen molar-refractivity contribution in [3.05, 3.63) is 99.3 Å². The van der Waals surface area contributed by atoms with Crippen LogP contribution in [-0.2, 0) is 16.1 Å². The van der Waals surface area contributed by atoms with Crippen molar-refractivity contribution in [3.63, 3.8) is 0 Å². The van der Waals surface area contributed by atoms with Crippen molar-refractivity contribution in [2.75, 3.05) is 7.11 Å². The molecule has 32 heavy (non-hydrogen) atoms. The number of hydrogen-bond donors (Lipinski definition) is 1. The molecule has 162 valence electrons. The topological polar surface area (TPSA) is 79.7 Å². The molecule has 1 saturated heterocycles. The number of benzene rings is 2. The molecule has 2 heterocycles. The number of nitrogens with zero attached hydrogens (tertiary/aromatic N) is 2. The highest BCUT2D eigenvalue weighted by Gasteiger charge is 2.46. The van der Waals surface area contributed by atoms with Crippen LogP contribution in [0.1, 0.15) is 22.9 Å². The molecule has 0 spiro atoms. The van der Waals surface area contributed by atoms with Crippen LogP contribution in [0.4, 0.5) is 0 Å². The summed E-state index contributed by atoms with van der Waals surface area (Å²) in [7, 11) is 1.55. The summed E-state index contributed by atoms with van der Waals surface area (Å²) in [6.45, 7) is 0.0975. The number of aliphatic hydroxyl groups is 1. The van der Waals surface area contributed by atoms with Crippen molar-refractivity contribution >= 4 is 40.7 Å². The average Bonchev–Trinajstić information content (AvgIpc) is 3.06. The van der Waals surface area contributed by atoms with Gasteiger partial charge in [0.2, 0.25) is 0 Å². The van der Waals surface area contributed by atoms with E-state index in [-0.39, 0.29) is 28.5 Å². The lowest BCUT2D eigenvalue weighted by Gasteiger charge is -2.25. The standard InChI is InChI=1S/C24H18Cl2N2O4/c1-32-17-8-5-14(6-9-17)21-20(22(29)15-7-10-18(25)19(26)12-15)23(30)24(31)28(21)13-16-4-2-3-11-27-16/h2-12,21,29H,13H2,1H3/b22-20-. The summed E-state index contributed by atoms with van der Waals surface area (Å²) in [4.78, 5) is 31.8. The minimum atomic E-state index is -0.822. The molecule has 1 atom stereocenters. The van der Waals surface area contributed by atoms with E-state index < -0.39 is 17.7 Å². The highest BCUT2D eigenvalue weighted by Crippen LogP contribution is 2.41. The second-order valence-electron chi connectivity index (χ2n) is 7.15. The Labute approximate surface area is 194 Å². The van der Waals surface area contributed by atoms with Crippen molar-refractivity contribution in [2.45, 2.75) is 12.6 Å². The van der Waals surface area contributed by atoms with E-state index in [4.69, 9.17) is 27.9 Å². The van der Waals surface area contributed by atoms with E-state index in [1.807, 2.05) is 0 Å². The van der Waals surface area contributed by atoms with Crippen molar-refractivity contribution in [2.24, 2.45) is 0 Å². The van der Waals surface area contributed by atoms with Crippen LogP contribution in [0.15, 0.2) is 72.4 Å². The van der Waals surface area contributed by atoms with Crippen molar-refractivity contribution in [1.82, 2.24) is 9.88 Å². The molecule has 1 N–H and O–H groups in total. The molecule has 1 aliphatic heterocycles. The number of aromatic nitrogens is 1. The van der Waals surface area contributed by atoms with Gasteiger partial charge in [-0.15, -0.1) is 0 Å². The van der Waals surface area contributed by atoms with E-state index in [2.05, 4.69) is 4.98 Å². The fourth-order valence-corrected chi connectivity index (χ4v) is 3.94. The SMILES string of the molecule is COc1ccc(C2/C(=C(/O)c3ccc(Cl)c(Cl)c3)C(=O)C(=O)N2Cc2ccccn2)cc1. The molecule has 3 aromatic rings. The van der Waals surface area contributed by atoms with Gasteiger partial charge in [-0.1, -0.05) is 41.4 Å². The molecule has 4 rings (SSSR count). The van der Waals surface area contributed by atoms with Gasteiger partial charge in [-0.3, -0.25) is 14.6 Å². The largest absolute Gasteiger partial charge is 0.507 e. The monoisotopic (exact) mass is 468 g/mol. The summed E-state index contributed by atoms with van der Waals surface area (Å²) in [5, 5.41) is 11.6. The number of ether oxygens (including phenoxy) is 1. The van der Waals surface area contributed by atoms with E-state index in [0.717, 1.165) is 0 Å². The van der Waals surface area contributed by atoms with Gasteiger partial charge in [0.1, 0.15) is 11.5 Å². The van der Waals surface area contributed by atoms with E-state index in [9.17, 15) is 14.7 Å². The summed E-state index contributed by atoms with van der Waals surface area (Å²) in [5.74, 6) is -1.21. The Hall–Kier alpha value is -3.35. The van der Waals surface area contributed by atoms with E-state index in [0.29, 0.717) is 22.0 Å². The van der Waals surface area contributed by atoms with Crippen LogP contribution < -0.4 is 4.74 Å². The van der Waals surface area contributed by atoms with Gasteiger partial charge in [0.15, 0.2) is 0 Å². The predicted octanol–water partition coefficient (Wildman–Crippen LogP) is 5.02. The number of hydrogen-bond acceptors (Lipinski definition) is 5. The first-order chi connectivity index (χ1) is 15.4. The number of Topliss-reactive ketones (excluding diaryl/α,β-unsaturated/α-hetero) is 1. The lowest BCUT2D eigenvalue weighted by molar-refractivity contribution is -0.140. The molecule has 8 heteroatoms. The van der Waals surface area contributed by atoms with Crippen molar-refractivity contribution < 1.29 is 19.4 Å². The van der Waals surface area contributed by atoms with E-state index in [1.165, 1.54) is 17.0 Å². The number of pyridine rings is 1. The number of carbonyl (C=O) groups excluding carboxylic acids is 2. The van der Waals surface area contributed by atoms with Crippen LogP contribution in [0.2, 0.25) is 10.0 Å². The molecule has 0 saturated carbocycles. The zero-order valence-corrected chi connectivity index (χ0v) is 18.5. The zero-order valence-electron chi connectivity index (χ0n) is 17.0. The molecule has 0 aliphatic carbocycles. The molecular weight excluding hydrogens is 451 g/mol. The number of rotatable bonds is 5. The normalized spacial score (nSPS) is 17.6. The summed E-state index contributed by atoms with van der Waals surface area (Å²) in [6, 6.07) is 16.0. The number of methoxy groups -OCH3 is 1. The number of carbonyl (C=O) groups is 2. The lowest BCUT2D eigenvalue weighted by atomic mass is 9.95. The molecular formula is C24H18Cl2N2O4. The molecule has 1 fully saturated rings. The molecule has 1 unspecified atom stereocenters. The second-order valence-corrected chi connectivity index (χ2v) is 7.96. The van der Waals surface area contributed by atoms with Gasteiger partial charge in [0.25, 0.3) is 11.7 Å². The van der Waals surface area contributed by atoms with Crippen LogP contribution in [-0.4, -0.2) is 33.8 Å². The van der Waals surface area contributed by atoms with Gasteiger partial charge >= 0.3 is 0 Å². The Morgan fingerprint density at radius 3 is 2.44 bits per heavy atom. The highest BCUT2D eigenvalue weighted by atomic mass is 35.5. The van der Waals surface area contributed by atoms with Gasteiger partial charge in [0, 0.05) is 11.8 Å². The summed E-state index contributed by atoms with van der Waals surface area (Å²) < 4.78 is 5.22. The Kier molecular flexibility index (Phi) is 6.17. The van der Waals surface area contributed by atoms with Crippen LogP contribution in [0.25, 0.3) is 5.76 Å². The minimum Gasteiger partial charge on any atom is -0.507 e. The molecule has 1 aromatic heterocycles. The van der Waals surface area contributed by atoms with Crippen molar-refractivity contribution in [1.29, 1.82) is 0 Å². The Morgan fingerprint density at radius 1 is 1.06 bits per heavy atom. The van der Waals surface area contributed by atoms with Crippen LogP contribution in [0.5, 0.6) is 5.75 Å². The smallest absolute Gasteiger partial charge is 0.296 e. The third-order valence-corrected chi connectivity index (χ3v) is 5.96. The first-order valence-electron chi connectivity index (χ1n) is 9.68. The molecule has 1 amide bonds. The van der Waals surface area contributed by atoms with Crippen LogP contribution in [0.3, 0.4) is 0 Å². The van der Waals surface area contributed by atoms with E-state index in [1.54, 1.807) is 61.8 Å². The number of amides is 1. The fraction of sp³-hybridized carbons (Fsp3) is 0.125. The van der Waals surface area contributed by atoms with Crippen LogP contribution in [0, 0.1) is 0 Å². The predicted molar refractivity (Wildman–Crippen MR) is 122 cm³/mol. The molecule has 6 nitrogen and oxygen atoms in total. The number of halogens is 2. The van der Waals surface area contributed by atoms with Crippen LogP contribution >= 0.6 is 23.2 Å². The molecule has 1 aliphatic rings. The van der Waals surface area contributed by atoms with Gasteiger partial charge < -0.3 is 14.7 Å². The summed E-state index contributed by atoms with van der Waals surface area (Å²) >= 11 is 12.1. The summed E-state index contributed by atoms with van der Waals surface area (Å²) in [6.07, 6.45) is 1.62. The maximum absolute atomic E-state index is 13.1. The highest BCUT2D eigenvalue weighted by molar-refractivity contribution is 6.46. The third kappa shape index (κ3) is 4.07. The lowest BCUT2D eigenvalue weighted by Crippen LogP contribution is -2.29. The molecule has 0 radical (unpaired) electrons. The maximum atomic E-state index is 13.1. The number of ketones is 1. The second kappa shape index (κ2) is 9.02. The minimum absolute atomic E-state index is 0.0329. The molecule has 0 bridgehead atoms. The quantitative estimate of drug-likeness (QED) is 0.323. The zero-order chi connectivity index (χ0) is 22.8. The van der Waals surface area contributed by atoms with Gasteiger partial charge in [-0.25, -0.2) is 0 Å². The van der Waals surface area contributed by atoms with Gasteiger partial charge in [-0.05, 0) is 48.0 Å². The maximum Gasteiger partial charge on any atom is 0.296 e. The van der Waals surface area contributed by atoms with E-state index >= 15 is 0 Å². The first kappa shape index (κ1) is 21.9. The Bertz CT molecular complexity index is 1210. The third-order valence-electron chi connectivity index (χ3n) is 5.22. The molecule has 2 aromatic carbocycles. The van der Waals surface area contributed by atoms with Gasteiger partial charge in [0.05, 0.1) is 41.0 Å². The Balaban J connectivity index is 1.86. The average molecular weight is 469 g/mol.